The first-order chi connectivity index (χ1) is 10.5. The second-order valence-corrected chi connectivity index (χ2v) is 6.24. The van der Waals surface area contributed by atoms with E-state index in [9.17, 15) is 9.90 Å². The van der Waals surface area contributed by atoms with Crippen LogP contribution in [0.5, 0.6) is 0 Å². The fraction of sp³-hybridized carbons (Fsp3) is 0.111. The van der Waals surface area contributed by atoms with Gasteiger partial charge >= 0.3 is 0 Å². The van der Waals surface area contributed by atoms with Crippen molar-refractivity contribution in [2.75, 3.05) is 0 Å². The van der Waals surface area contributed by atoms with Crippen LogP contribution >= 0.6 is 15.9 Å². The molecule has 2 aromatic carbocycles. The van der Waals surface area contributed by atoms with Crippen molar-refractivity contribution in [1.29, 1.82) is 0 Å². The van der Waals surface area contributed by atoms with Gasteiger partial charge in [0.2, 0.25) is 0 Å². The number of carboxylic acid groups (broad SMARTS) is 1. The molecule has 110 valence electrons. The number of halogens is 1. The molecule has 0 aliphatic carbocycles. The lowest BCUT2D eigenvalue weighted by Gasteiger charge is -2.13. The molecule has 0 radical (unpaired) electrons. The molecule has 0 bridgehead atoms. The van der Waals surface area contributed by atoms with Crippen LogP contribution in [-0.2, 0) is 0 Å². The lowest BCUT2D eigenvalue weighted by atomic mass is 10.00. The van der Waals surface area contributed by atoms with E-state index in [0.717, 1.165) is 21.2 Å². The number of fused-ring (bicyclic) bond motifs is 1. The van der Waals surface area contributed by atoms with Crippen molar-refractivity contribution in [3.05, 3.63) is 63.6 Å². The van der Waals surface area contributed by atoms with Crippen LogP contribution in [-0.4, -0.2) is 11.0 Å². The zero-order chi connectivity index (χ0) is 15.9. The Morgan fingerprint density at radius 3 is 2.41 bits per heavy atom. The highest BCUT2D eigenvalue weighted by molar-refractivity contribution is 9.10. The predicted molar refractivity (Wildman–Crippen MR) is 88.7 cm³/mol. The van der Waals surface area contributed by atoms with Gasteiger partial charge in [0, 0.05) is 21.0 Å². The van der Waals surface area contributed by atoms with Crippen LogP contribution in [0.25, 0.3) is 22.2 Å². The van der Waals surface area contributed by atoms with Crippen molar-refractivity contribution >= 4 is 32.8 Å². The molecule has 0 aliphatic heterocycles. The van der Waals surface area contributed by atoms with E-state index in [4.69, 9.17) is 0 Å². The molecule has 0 saturated heterocycles. The summed E-state index contributed by atoms with van der Waals surface area (Å²) in [5.41, 5.74) is 4.33. The third-order valence-electron chi connectivity index (χ3n) is 3.61. The van der Waals surface area contributed by atoms with Crippen LogP contribution in [0.4, 0.5) is 0 Å². The number of carbonyl (C=O) groups excluding carboxylic acids is 1. The Hall–Kier alpha value is -2.20. The Balaban J connectivity index is 2.34. The van der Waals surface area contributed by atoms with Gasteiger partial charge in [-0.05, 0) is 43.7 Å². The van der Waals surface area contributed by atoms with Crippen LogP contribution in [0, 0.1) is 13.8 Å². The molecule has 0 atom stereocenters. The summed E-state index contributed by atoms with van der Waals surface area (Å²) in [6, 6.07) is 13.0. The van der Waals surface area contributed by atoms with Gasteiger partial charge in [-0.25, -0.2) is 4.98 Å². The monoisotopic (exact) mass is 354 g/mol. The van der Waals surface area contributed by atoms with Gasteiger partial charge in [0.25, 0.3) is 0 Å². The zero-order valence-corrected chi connectivity index (χ0v) is 13.8. The zero-order valence-electron chi connectivity index (χ0n) is 12.2. The molecule has 0 saturated carbocycles. The minimum absolute atomic E-state index is 0.176. The number of nitrogens with zero attached hydrogens (tertiary/aromatic N) is 1. The topological polar surface area (TPSA) is 53.0 Å². The summed E-state index contributed by atoms with van der Waals surface area (Å²) in [6.45, 7) is 3.88. The number of hydrogen-bond acceptors (Lipinski definition) is 3. The Morgan fingerprint density at radius 2 is 1.77 bits per heavy atom. The van der Waals surface area contributed by atoms with E-state index in [0.29, 0.717) is 16.6 Å². The van der Waals surface area contributed by atoms with Crippen molar-refractivity contribution in [3.8, 4) is 11.3 Å². The lowest BCUT2D eigenvalue weighted by molar-refractivity contribution is -0.254. The van der Waals surface area contributed by atoms with Crippen LogP contribution in [0.15, 0.2) is 46.9 Å². The number of aryl methyl sites for hydroxylation is 2. The maximum absolute atomic E-state index is 11.5. The molecule has 3 rings (SSSR count). The Labute approximate surface area is 136 Å². The SMILES string of the molecule is Cc1cc(C)c2nc(-c3ccc(Br)cc3)cc(C(=O)[O-])c2c1. The summed E-state index contributed by atoms with van der Waals surface area (Å²) in [6.07, 6.45) is 0. The average molecular weight is 355 g/mol. The number of carboxylic acids is 1. The number of benzene rings is 2. The van der Waals surface area contributed by atoms with Crippen molar-refractivity contribution in [1.82, 2.24) is 4.98 Å². The van der Waals surface area contributed by atoms with Gasteiger partial charge in [-0.2, -0.15) is 0 Å². The molecule has 0 spiro atoms. The molecule has 4 heteroatoms. The van der Waals surface area contributed by atoms with Crippen LogP contribution in [0.3, 0.4) is 0 Å². The third-order valence-corrected chi connectivity index (χ3v) is 4.14. The summed E-state index contributed by atoms with van der Waals surface area (Å²) in [4.78, 5) is 16.2. The van der Waals surface area contributed by atoms with Crippen LogP contribution < -0.4 is 5.11 Å². The summed E-state index contributed by atoms with van der Waals surface area (Å²) in [5, 5.41) is 12.2. The van der Waals surface area contributed by atoms with Crippen molar-refractivity contribution in [2.24, 2.45) is 0 Å². The van der Waals surface area contributed by atoms with Crippen molar-refractivity contribution in [2.45, 2.75) is 13.8 Å². The molecule has 0 N–H and O–H groups in total. The molecule has 1 aromatic heterocycles. The average Bonchev–Trinajstić information content (AvgIpc) is 2.47. The summed E-state index contributed by atoms with van der Waals surface area (Å²) >= 11 is 3.39. The first-order valence-electron chi connectivity index (χ1n) is 6.85. The number of carbonyl (C=O) groups is 1. The number of aromatic nitrogens is 1. The normalized spacial score (nSPS) is 10.9. The summed E-state index contributed by atoms with van der Waals surface area (Å²) in [7, 11) is 0. The number of hydrogen-bond donors (Lipinski definition) is 0. The van der Waals surface area contributed by atoms with Gasteiger partial charge in [-0.15, -0.1) is 0 Å². The van der Waals surface area contributed by atoms with E-state index in [1.54, 1.807) is 6.07 Å². The van der Waals surface area contributed by atoms with E-state index in [1.165, 1.54) is 0 Å². The van der Waals surface area contributed by atoms with E-state index in [2.05, 4.69) is 20.9 Å². The van der Waals surface area contributed by atoms with Gasteiger partial charge in [0.05, 0.1) is 17.2 Å². The smallest absolute Gasteiger partial charge is 0.0745 e. The van der Waals surface area contributed by atoms with Crippen LogP contribution in [0.2, 0.25) is 0 Å². The van der Waals surface area contributed by atoms with Gasteiger partial charge in [-0.3, -0.25) is 0 Å². The second kappa shape index (κ2) is 5.54. The molecule has 22 heavy (non-hydrogen) atoms. The number of rotatable bonds is 2. The largest absolute Gasteiger partial charge is 0.545 e. The van der Waals surface area contributed by atoms with Crippen molar-refractivity contribution in [3.63, 3.8) is 0 Å². The van der Waals surface area contributed by atoms with Crippen LogP contribution in [0.1, 0.15) is 21.5 Å². The van der Waals surface area contributed by atoms with E-state index >= 15 is 0 Å². The first kappa shape index (κ1) is 14.7. The Kier molecular flexibility index (Phi) is 3.71. The van der Waals surface area contributed by atoms with Gasteiger partial charge < -0.3 is 9.90 Å². The van der Waals surface area contributed by atoms with Gasteiger partial charge in [-0.1, -0.05) is 39.7 Å². The van der Waals surface area contributed by atoms with Crippen molar-refractivity contribution < 1.29 is 9.90 Å². The quantitative estimate of drug-likeness (QED) is 0.705. The molecule has 3 aromatic rings. The second-order valence-electron chi connectivity index (χ2n) is 5.33. The van der Waals surface area contributed by atoms with E-state index in [1.807, 2.05) is 50.2 Å². The highest BCUT2D eigenvalue weighted by Gasteiger charge is 2.11. The first-order valence-corrected chi connectivity index (χ1v) is 7.64. The summed E-state index contributed by atoms with van der Waals surface area (Å²) in [5.74, 6) is -1.18. The molecule has 3 nitrogen and oxygen atoms in total. The van der Waals surface area contributed by atoms with Gasteiger partial charge in [0.15, 0.2) is 0 Å². The lowest BCUT2D eigenvalue weighted by Crippen LogP contribution is -2.23. The Morgan fingerprint density at radius 1 is 1.09 bits per heavy atom. The van der Waals surface area contributed by atoms with E-state index < -0.39 is 5.97 Å². The molecule has 0 fully saturated rings. The molecule has 0 amide bonds. The molecule has 1 heterocycles. The van der Waals surface area contributed by atoms with E-state index in [-0.39, 0.29) is 5.56 Å². The third kappa shape index (κ3) is 2.62. The molecular formula is C18H13BrNO2-. The highest BCUT2D eigenvalue weighted by Crippen LogP contribution is 2.28. The molecule has 0 aliphatic rings. The molecule has 0 unspecified atom stereocenters. The fourth-order valence-electron chi connectivity index (χ4n) is 2.62. The minimum Gasteiger partial charge on any atom is -0.545 e. The summed E-state index contributed by atoms with van der Waals surface area (Å²) < 4.78 is 0.962. The number of pyridine rings is 1. The highest BCUT2D eigenvalue weighted by atomic mass is 79.9. The number of aromatic carboxylic acids is 1. The minimum atomic E-state index is -1.18. The fourth-order valence-corrected chi connectivity index (χ4v) is 2.88. The Bertz CT molecular complexity index is 886. The maximum atomic E-state index is 11.5. The molecular weight excluding hydrogens is 342 g/mol. The maximum Gasteiger partial charge on any atom is 0.0745 e. The standard InChI is InChI=1S/C18H14BrNO2/c1-10-7-11(2)17-14(8-10)15(18(21)22)9-16(20-17)12-3-5-13(19)6-4-12/h3-9H,1-2H3,(H,21,22)/p-1. The van der Waals surface area contributed by atoms with Gasteiger partial charge in [0.1, 0.15) is 0 Å². The predicted octanol–water partition coefficient (Wildman–Crippen LogP) is 3.64.